The lowest BCUT2D eigenvalue weighted by Crippen LogP contribution is -2.10. The van der Waals surface area contributed by atoms with Crippen molar-refractivity contribution in [1.82, 2.24) is 0 Å². The highest BCUT2D eigenvalue weighted by Crippen LogP contribution is 2.24. The molecule has 8 nitrogen and oxygen atoms in total. The highest BCUT2D eigenvalue weighted by Gasteiger charge is 2.13. The number of nitrogens with zero attached hydrogens (tertiary/aromatic N) is 1. The molecule has 0 aliphatic heterocycles. The van der Waals surface area contributed by atoms with E-state index in [0.717, 1.165) is 16.5 Å². The average Bonchev–Trinajstić information content (AvgIpc) is 2.72. The molecule has 8 heteroatoms. The molecule has 0 amide bonds. The summed E-state index contributed by atoms with van der Waals surface area (Å²) in [5.74, 6) is -0.412. The predicted molar refractivity (Wildman–Crippen MR) is 113 cm³/mol. The van der Waals surface area contributed by atoms with Crippen molar-refractivity contribution in [3.63, 3.8) is 0 Å². The highest BCUT2D eigenvalue weighted by atomic mass is 16.6. The van der Waals surface area contributed by atoms with Crippen LogP contribution in [-0.2, 0) is 16.1 Å². The van der Waals surface area contributed by atoms with Gasteiger partial charge in [0.15, 0.2) is 0 Å². The lowest BCUT2D eigenvalue weighted by atomic mass is 10.0. The summed E-state index contributed by atoms with van der Waals surface area (Å²) >= 11 is 0. The molecule has 1 aromatic heterocycles. The Balaban J connectivity index is 1.55. The molecular formula is C22H22N2O6. The van der Waals surface area contributed by atoms with Gasteiger partial charge in [-0.15, -0.1) is 0 Å². The van der Waals surface area contributed by atoms with E-state index in [4.69, 9.17) is 9.15 Å². The maximum atomic E-state index is 12.1. The number of esters is 1. The van der Waals surface area contributed by atoms with Crippen molar-refractivity contribution in [1.29, 1.82) is 0 Å². The smallest absolute Gasteiger partial charge is 0.336 e. The molecule has 3 rings (SSSR count). The molecular weight excluding hydrogens is 388 g/mol. The van der Waals surface area contributed by atoms with Gasteiger partial charge in [-0.25, -0.2) is 4.79 Å². The largest absolute Gasteiger partial charge is 0.461 e. The summed E-state index contributed by atoms with van der Waals surface area (Å²) in [7, 11) is 0. The molecule has 0 bridgehead atoms. The number of ether oxygens (including phenoxy) is 1. The molecule has 0 saturated carbocycles. The van der Waals surface area contributed by atoms with Gasteiger partial charge in [0.25, 0.3) is 5.69 Å². The van der Waals surface area contributed by atoms with Gasteiger partial charge in [-0.2, -0.15) is 0 Å². The van der Waals surface area contributed by atoms with Gasteiger partial charge in [0.1, 0.15) is 17.9 Å². The number of nitrogens with one attached hydrogen (secondary N) is 1. The number of rotatable bonds is 8. The molecule has 0 fully saturated rings. The molecule has 1 heterocycles. The number of fused-ring (bicyclic) bond motifs is 1. The Morgan fingerprint density at radius 3 is 2.73 bits per heavy atom. The Morgan fingerprint density at radius 1 is 1.20 bits per heavy atom. The summed E-state index contributed by atoms with van der Waals surface area (Å²) in [5, 5.41) is 14.7. The van der Waals surface area contributed by atoms with Crippen molar-refractivity contribution < 1.29 is 18.9 Å². The van der Waals surface area contributed by atoms with Crippen LogP contribution in [0.15, 0.2) is 51.7 Å². The fraction of sp³-hybridized carbons (Fsp3) is 0.273. The average molecular weight is 410 g/mol. The Labute approximate surface area is 172 Å². The van der Waals surface area contributed by atoms with E-state index in [2.05, 4.69) is 5.32 Å². The second-order valence-electron chi connectivity index (χ2n) is 6.94. The van der Waals surface area contributed by atoms with Crippen LogP contribution in [0.5, 0.6) is 0 Å². The molecule has 0 unspecified atom stereocenters. The monoisotopic (exact) mass is 410 g/mol. The van der Waals surface area contributed by atoms with E-state index in [0.29, 0.717) is 29.8 Å². The fourth-order valence-electron chi connectivity index (χ4n) is 3.11. The van der Waals surface area contributed by atoms with Crippen LogP contribution < -0.4 is 10.9 Å². The highest BCUT2D eigenvalue weighted by molar-refractivity contribution is 5.84. The van der Waals surface area contributed by atoms with Crippen LogP contribution in [0.4, 0.5) is 11.4 Å². The first-order valence-electron chi connectivity index (χ1n) is 9.52. The van der Waals surface area contributed by atoms with Crippen LogP contribution >= 0.6 is 0 Å². The fourth-order valence-corrected chi connectivity index (χ4v) is 3.11. The van der Waals surface area contributed by atoms with Crippen molar-refractivity contribution >= 4 is 28.3 Å². The van der Waals surface area contributed by atoms with Gasteiger partial charge >= 0.3 is 11.6 Å². The molecule has 156 valence electrons. The minimum Gasteiger partial charge on any atom is -0.461 e. The van der Waals surface area contributed by atoms with E-state index in [9.17, 15) is 19.7 Å². The zero-order valence-electron chi connectivity index (χ0n) is 16.8. The number of benzene rings is 2. The zero-order chi connectivity index (χ0) is 21.7. The van der Waals surface area contributed by atoms with E-state index in [1.54, 1.807) is 18.2 Å². The molecule has 2 aromatic carbocycles. The Hall–Kier alpha value is -3.68. The number of anilines is 1. The number of nitro groups is 1. The summed E-state index contributed by atoms with van der Waals surface area (Å²) < 4.78 is 10.6. The number of aryl methyl sites for hydroxylation is 2. The predicted octanol–water partition coefficient (Wildman–Crippen LogP) is 4.25. The van der Waals surface area contributed by atoms with Crippen molar-refractivity contribution in [2.45, 2.75) is 33.3 Å². The molecule has 0 saturated heterocycles. The number of nitro benzene ring substituents is 1. The number of carbonyl (C=O) groups excluding carboxylic acids is 1. The first kappa shape index (κ1) is 21.0. The first-order valence-corrected chi connectivity index (χ1v) is 9.52. The van der Waals surface area contributed by atoms with Gasteiger partial charge in [-0.3, -0.25) is 14.9 Å². The summed E-state index contributed by atoms with van der Waals surface area (Å²) in [6.07, 6.45) is 0.589. The van der Waals surface area contributed by atoms with E-state index in [-0.39, 0.29) is 18.7 Å². The molecule has 3 aromatic rings. The molecule has 30 heavy (non-hydrogen) atoms. The quantitative estimate of drug-likeness (QED) is 0.194. The Kier molecular flexibility index (Phi) is 6.46. The third-order valence-electron chi connectivity index (χ3n) is 4.88. The second kappa shape index (κ2) is 9.21. The van der Waals surface area contributed by atoms with Gasteiger partial charge in [-0.1, -0.05) is 24.3 Å². The minimum absolute atomic E-state index is 0.0135. The molecule has 1 N–H and O–H groups in total. The summed E-state index contributed by atoms with van der Waals surface area (Å²) in [6, 6.07) is 11.4. The van der Waals surface area contributed by atoms with Gasteiger partial charge in [0, 0.05) is 36.0 Å². The van der Waals surface area contributed by atoms with Crippen LogP contribution in [0.1, 0.15) is 29.5 Å². The zero-order valence-corrected chi connectivity index (χ0v) is 16.8. The van der Waals surface area contributed by atoms with Crippen LogP contribution in [0.2, 0.25) is 0 Å². The molecule has 0 radical (unpaired) electrons. The van der Waals surface area contributed by atoms with Crippen LogP contribution in [0.3, 0.4) is 0 Å². The maximum Gasteiger partial charge on any atom is 0.336 e. The summed E-state index contributed by atoms with van der Waals surface area (Å²) in [5.41, 5.74) is 2.88. The number of hydrogen-bond acceptors (Lipinski definition) is 7. The van der Waals surface area contributed by atoms with Crippen LogP contribution in [0, 0.1) is 24.0 Å². The van der Waals surface area contributed by atoms with Crippen molar-refractivity contribution in [2.24, 2.45) is 0 Å². The molecule has 0 aliphatic rings. The third kappa shape index (κ3) is 4.83. The lowest BCUT2D eigenvalue weighted by molar-refractivity contribution is -0.384. The minimum atomic E-state index is -0.490. The number of hydrogen-bond donors (Lipinski definition) is 1. The van der Waals surface area contributed by atoms with Gasteiger partial charge in [-0.05, 0) is 37.5 Å². The summed E-state index contributed by atoms with van der Waals surface area (Å²) in [6.45, 7) is 4.16. The summed E-state index contributed by atoms with van der Waals surface area (Å²) in [4.78, 5) is 34.5. The van der Waals surface area contributed by atoms with Crippen molar-refractivity contribution in [3.8, 4) is 0 Å². The normalized spacial score (nSPS) is 10.7. The third-order valence-corrected chi connectivity index (χ3v) is 4.88. The van der Waals surface area contributed by atoms with E-state index >= 15 is 0 Å². The van der Waals surface area contributed by atoms with Crippen LogP contribution in [-0.4, -0.2) is 17.4 Å². The maximum absolute atomic E-state index is 12.1. The molecule has 0 aliphatic carbocycles. The van der Waals surface area contributed by atoms with E-state index in [1.807, 2.05) is 26.0 Å². The van der Waals surface area contributed by atoms with E-state index < -0.39 is 16.5 Å². The van der Waals surface area contributed by atoms with Crippen LogP contribution in [0.25, 0.3) is 11.0 Å². The topological polar surface area (TPSA) is 112 Å². The SMILES string of the molecule is Cc1ccc2c(COC(=O)CCCNc3ccccc3[N+](=O)[O-])cc(=O)oc2c1C. The standard InChI is InChI=1S/C22H22N2O6/c1-14-9-10-17-16(12-21(26)30-22(17)15(14)2)13-29-20(25)8-5-11-23-18-6-3-4-7-19(18)24(27)28/h3-4,6-7,9-10,12,23H,5,8,11,13H2,1-2H3. The van der Waals surface area contributed by atoms with Gasteiger partial charge in [0.2, 0.25) is 0 Å². The van der Waals surface area contributed by atoms with Crippen molar-refractivity contribution in [2.75, 3.05) is 11.9 Å². The van der Waals surface area contributed by atoms with Crippen molar-refractivity contribution in [3.05, 3.63) is 79.7 Å². The first-order chi connectivity index (χ1) is 14.4. The molecule has 0 spiro atoms. The number of para-hydroxylation sites is 2. The number of carbonyl (C=O) groups is 1. The van der Waals surface area contributed by atoms with Gasteiger partial charge < -0.3 is 14.5 Å². The van der Waals surface area contributed by atoms with Gasteiger partial charge in [0.05, 0.1) is 4.92 Å². The second-order valence-corrected chi connectivity index (χ2v) is 6.94. The molecule has 0 atom stereocenters. The Bertz CT molecular complexity index is 1150. The Morgan fingerprint density at radius 2 is 1.97 bits per heavy atom. The van der Waals surface area contributed by atoms with E-state index in [1.165, 1.54) is 12.1 Å². The lowest BCUT2D eigenvalue weighted by Gasteiger charge is -2.10.